The van der Waals surface area contributed by atoms with Gasteiger partial charge in [0.1, 0.15) is 0 Å². The van der Waals surface area contributed by atoms with Crippen LogP contribution in [-0.4, -0.2) is 0 Å². The molecule has 4 aromatic carbocycles. The molecule has 0 aliphatic rings. The Kier molecular flexibility index (Phi) is 1.81. The molecule has 4 rings (SSSR count). The van der Waals surface area contributed by atoms with Crippen molar-refractivity contribution in [2.75, 3.05) is 0 Å². The quantitative estimate of drug-likeness (QED) is 0.353. The highest BCUT2D eigenvalue weighted by atomic mass is 16.2. The van der Waals surface area contributed by atoms with E-state index in [0.29, 0.717) is 10.8 Å². The molecular weight excluding hydrogens is 236 g/mol. The number of fused-ring (bicyclic) bond motifs is 5. The van der Waals surface area contributed by atoms with E-state index in [1.807, 2.05) is 43.3 Å². The van der Waals surface area contributed by atoms with E-state index in [2.05, 4.69) is 6.07 Å². The van der Waals surface area contributed by atoms with Gasteiger partial charge in [-0.25, -0.2) is 0 Å². The van der Waals surface area contributed by atoms with Gasteiger partial charge in [-0.2, -0.15) is 0 Å². The van der Waals surface area contributed by atoms with E-state index in [9.17, 15) is 9.59 Å². The largest absolute Gasteiger partial charge is 0.285 e. The third-order valence-corrected chi connectivity index (χ3v) is 3.91. The standard InChI is InChI=1S/C17H10O2/c1-9-8-13-15(17(19)16(13)18)14-11(9)7-6-10-4-2-3-5-12(10)14/h2-8H,1H3. The van der Waals surface area contributed by atoms with Crippen molar-refractivity contribution in [3.63, 3.8) is 0 Å². The summed E-state index contributed by atoms with van der Waals surface area (Å²) in [7, 11) is 0. The van der Waals surface area contributed by atoms with Gasteiger partial charge in [0.2, 0.25) is 10.9 Å². The maximum Gasteiger partial charge on any atom is 0.234 e. The van der Waals surface area contributed by atoms with Crippen LogP contribution >= 0.6 is 0 Å². The molecule has 90 valence electrons. The second kappa shape index (κ2) is 3.29. The lowest BCUT2D eigenvalue weighted by Crippen LogP contribution is -2.30. The first-order valence-electron chi connectivity index (χ1n) is 6.22. The fourth-order valence-electron chi connectivity index (χ4n) is 2.96. The molecule has 0 saturated carbocycles. The van der Waals surface area contributed by atoms with Gasteiger partial charge in [0.05, 0.1) is 0 Å². The first-order chi connectivity index (χ1) is 9.18. The maximum atomic E-state index is 11.9. The topological polar surface area (TPSA) is 34.1 Å². The Balaban J connectivity index is 2.45. The van der Waals surface area contributed by atoms with Crippen molar-refractivity contribution in [1.82, 2.24) is 0 Å². The molecule has 0 aromatic heterocycles. The minimum atomic E-state index is -0.354. The van der Waals surface area contributed by atoms with Crippen LogP contribution in [-0.2, 0) is 0 Å². The van der Waals surface area contributed by atoms with E-state index < -0.39 is 0 Å². The minimum Gasteiger partial charge on any atom is -0.285 e. The van der Waals surface area contributed by atoms with Gasteiger partial charge >= 0.3 is 0 Å². The zero-order valence-electron chi connectivity index (χ0n) is 10.4. The molecule has 0 spiro atoms. The van der Waals surface area contributed by atoms with Crippen LogP contribution < -0.4 is 10.9 Å². The van der Waals surface area contributed by atoms with Gasteiger partial charge < -0.3 is 0 Å². The summed E-state index contributed by atoms with van der Waals surface area (Å²) in [5.41, 5.74) is 0.338. The van der Waals surface area contributed by atoms with E-state index in [-0.39, 0.29) is 10.9 Å². The van der Waals surface area contributed by atoms with Crippen molar-refractivity contribution in [2.24, 2.45) is 0 Å². The van der Waals surface area contributed by atoms with Crippen molar-refractivity contribution < 1.29 is 0 Å². The Morgan fingerprint density at radius 3 is 2.37 bits per heavy atom. The Morgan fingerprint density at radius 1 is 0.737 bits per heavy atom. The van der Waals surface area contributed by atoms with Crippen LogP contribution in [0.5, 0.6) is 0 Å². The molecule has 19 heavy (non-hydrogen) atoms. The number of rotatable bonds is 0. The molecule has 0 saturated heterocycles. The van der Waals surface area contributed by atoms with Gasteiger partial charge in [-0.15, -0.1) is 0 Å². The fraction of sp³-hybridized carbons (Fsp3) is 0.0588. The molecule has 0 aliphatic carbocycles. The van der Waals surface area contributed by atoms with E-state index in [0.717, 1.165) is 27.1 Å². The van der Waals surface area contributed by atoms with Crippen molar-refractivity contribution >= 4 is 32.3 Å². The molecule has 0 unspecified atom stereocenters. The van der Waals surface area contributed by atoms with Crippen LogP contribution in [0.25, 0.3) is 32.3 Å². The molecule has 0 amide bonds. The maximum absolute atomic E-state index is 11.9. The summed E-state index contributed by atoms with van der Waals surface area (Å²) in [6, 6.07) is 13.9. The lowest BCUT2D eigenvalue weighted by atomic mass is 9.91. The van der Waals surface area contributed by atoms with E-state index >= 15 is 0 Å². The monoisotopic (exact) mass is 246 g/mol. The average molecular weight is 246 g/mol. The summed E-state index contributed by atoms with van der Waals surface area (Å²) in [5, 5.41) is 5.29. The van der Waals surface area contributed by atoms with Gasteiger partial charge in [-0.3, -0.25) is 9.59 Å². The number of hydrogen-bond donors (Lipinski definition) is 0. The molecule has 2 nitrogen and oxygen atoms in total. The highest BCUT2D eigenvalue weighted by molar-refractivity contribution is 6.22. The molecule has 0 fully saturated rings. The molecule has 0 N–H and O–H groups in total. The zero-order chi connectivity index (χ0) is 13.1. The minimum absolute atomic E-state index is 0.351. The van der Waals surface area contributed by atoms with Crippen LogP contribution in [0, 0.1) is 6.92 Å². The third-order valence-electron chi connectivity index (χ3n) is 3.91. The first kappa shape index (κ1) is 10.4. The number of aryl methyl sites for hydroxylation is 1. The Morgan fingerprint density at radius 2 is 1.53 bits per heavy atom. The summed E-state index contributed by atoms with van der Waals surface area (Å²) in [6.07, 6.45) is 0. The van der Waals surface area contributed by atoms with Crippen LogP contribution in [0.4, 0.5) is 0 Å². The third kappa shape index (κ3) is 1.16. The molecule has 2 heteroatoms. The zero-order valence-corrected chi connectivity index (χ0v) is 10.4. The molecule has 0 radical (unpaired) electrons. The summed E-state index contributed by atoms with van der Waals surface area (Å²) in [6.45, 7) is 1.98. The fourth-order valence-corrected chi connectivity index (χ4v) is 2.96. The number of benzene rings is 3. The molecule has 0 heterocycles. The van der Waals surface area contributed by atoms with Crippen LogP contribution in [0.2, 0.25) is 0 Å². The van der Waals surface area contributed by atoms with Gasteiger partial charge in [0, 0.05) is 16.2 Å². The van der Waals surface area contributed by atoms with Crippen molar-refractivity contribution in [3.8, 4) is 0 Å². The number of hydrogen-bond acceptors (Lipinski definition) is 2. The Labute approximate surface area is 108 Å². The van der Waals surface area contributed by atoms with Gasteiger partial charge in [0.25, 0.3) is 0 Å². The van der Waals surface area contributed by atoms with E-state index in [1.54, 1.807) is 0 Å². The van der Waals surface area contributed by atoms with Crippen molar-refractivity contribution in [2.45, 2.75) is 6.92 Å². The smallest absolute Gasteiger partial charge is 0.234 e. The van der Waals surface area contributed by atoms with Gasteiger partial charge in [-0.05, 0) is 34.7 Å². The summed E-state index contributed by atoms with van der Waals surface area (Å²) >= 11 is 0. The second-order valence-electron chi connectivity index (χ2n) is 4.98. The Bertz CT molecular complexity index is 1050. The Hall–Kier alpha value is -2.48. The van der Waals surface area contributed by atoms with Crippen LogP contribution in [0.15, 0.2) is 52.1 Å². The first-order valence-corrected chi connectivity index (χ1v) is 6.22. The summed E-state index contributed by atoms with van der Waals surface area (Å²) in [5.74, 6) is 0. The SMILES string of the molecule is Cc1cc2c(=O)c(=O)c2c2c1ccc1ccccc12. The highest BCUT2D eigenvalue weighted by Crippen LogP contribution is 2.32. The lowest BCUT2D eigenvalue weighted by molar-refractivity contribution is 1.50. The van der Waals surface area contributed by atoms with Crippen molar-refractivity contribution in [1.29, 1.82) is 0 Å². The van der Waals surface area contributed by atoms with E-state index in [4.69, 9.17) is 0 Å². The highest BCUT2D eigenvalue weighted by Gasteiger charge is 2.18. The lowest BCUT2D eigenvalue weighted by Gasteiger charge is -2.11. The predicted molar refractivity (Wildman–Crippen MR) is 78.6 cm³/mol. The van der Waals surface area contributed by atoms with Gasteiger partial charge in [-0.1, -0.05) is 36.4 Å². The summed E-state index contributed by atoms with van der Waals surface area (Å²) < 4.78 is 0. The van der Waals surface area contributed by atoms with Crippen LogP contribution in [0.1, 0.15) is 5.56 Å². The van der Waals surface area contributed by atoms with Crippen LogP contribution in [0.3, 0.4) is 0 Å². The summed E-state index contributed by atoms with van der Waals surface area (Å²) in [4.78, 5) is 23.5. The molecule has 4 aromatic rings. The molecule has 0 bridgehead atoms. The predicted octanol–water partition coefficient (Wildman–Crippen LogP) is 3.05. The molecule has 0 atom stereocenters. The van der Waals surface area contributed by atoms with Gasteiger partial charge in [0.15, 0.2) is 0 Å². The molecule has 0 aliphatic heterocycles. The molecular formula is C17H10O2. The van der Waals surface area contributed by atoms with E-state index in [1.165, 1.54) is 0 Å². The average Bonchev–Trinajstić information content (AvgIpc) is 2.46. The van der Waals surface area contributed by atoms with Crippen molar-refractivity contribution in [3.05, 3.63) is 68.5 Å². The normalized spacial score (nSPS) is 11.8. The second-order valence-corrected chi connectivity index (χ2v) is 4.98.